The van der Waals surface area contributed by atoms with E-state index in [1.807, 2.05) is 91.0 Å². The molecule has 166 valence electrons. The summed E-state index contributed by atoms with van der Waals surface area (Å²) in [7, 11) is 0. The minimum Gasteiger partial charge on any atom is -0.489 e. The van der Waals surface area contributed by atoms with Gasteiger partial charge in [-0.15, -0.1) is 0 Å². The third-order valence-corrected chi connectivity index (χ3v) is 5.60. The van der Waals surface area contributed by atoms with Crippen molar-refractivity contribution in [3.8, 4) is 16.9 Å². The standard InChI is InChI=1S/C30H29NO2/c1-30(2,3)25-17-19-26(20-18-25)33-21-22-13-15-24(16-14-22)29(32)31-28-12-8-7-11-27(28)23-9-5-4-6-10-23/h4-20H,21H2,1-3H3,(H,31,32). The highest BCUT2D eigenvalue weighted by Gasteiger charge is 2.13. The predicted molar refractivity (Wildman–Crippen MR) is 136 cm³/mol. The fourth-order valence-corrected chi connectivity index (χ4v) is 3.63. The van der Waals surface area contributed by atoms with Crippen molar-refractivity contribution in [3.63, 3.8) is 0 Å². The molecule has 0 atom stereocenters. The zero-order valence-corrected chi connectivity index (χ0v) is 19.3. The van der Waals surface area contributed by atoms with Crippen LogP contribution in [0, 0.1) is 0 Å². The van der Waals surface area contributed by atoms with E-state index in [9.17, 15) is 4.79 Å². The maximum Gasteiger partial charge on any atom is 0.255 e. The smallest absolute Gasteiger partial charge is 0.255 e. The molecule has 0 saturated carbocycles. The normalized spacial score (nSPS) is 11.1. The first-order chi connectivity index (χ1) is 15.9. The average molecular weight is 436 g/mol. The molecule has 3 nitrogen and oxygen atoms in total. The average Bonchev–Trinajstić information content (AvgIpc) is 2.83. The Morgan fingerprint density at radius 3 is 2.06 bits per heavy atom. The van der Waals surface area contributed by atoms with Crippen LogP contribution in [0.15, 0.2) is 103 Å². The monoisotopic (exact) mass is 435 g/mol. The molecule has 4 rings (SSSR count). The Hall–Kier alpha value is -3.85. The van der Waals surface area contributed by atoms with Crippen LogP contribution in [0.4, 0.5) is 5.69 Å². The lowest BCUT2D eigenvalue weighted by molar-refractivity contribution is 0.102. The fraction of sp³-hybridized carbons (Fsp3) is 0.167. The highest BCUT2D eigenvalue weighted by Crippen LogP contribution is 2.28. The first kappa shape index (κ1) is 22.3. The quantitative estimate of drug-likeness (QED) is 0.341. The van der Waals surface area contributed by atoms with Gasteiger partial charge in [-0.2, -0.15) is 0 Å². The summed E-state index contributed by atoms with van der Waals surface area (Å²) in [6, 6.07) is 33.6. The van der Waals surface area contributed by atoms with E-state index in [1.165, 1.54) is 5.56 Å². The number of benzene rings is 4. The number of hydrogen-bond donors (Lipinski definition) is 1. The van der Waals surface area contributed by atoms with E-state index in [1.54, 1.807) is 0 Å². The molecule has 0 aliphatic rings. The van der Waals surface area contributed by atoms with Gasteiger partial charge in [-0.3, -0.25) is 4.79 Å². The first-order valence-electron chi connectivity index (χ1n) is 11.2. The van der Waals surface area contributed by atoms with Crippen molar-refractivity contribution in [2.75, 3.05) is 5.32 Å². The molecule has 1 N–H and O–H groups in total. The summed E-state index contributed by atoms with van der Waals surface area (Å²) in [6.07, 6.45) is 0. The minimum atomic E-state index is -0.136. The van der Waals surface area contributed by atoms with Crippen LogP contribution < -0.4 is 10.1 Å². The summed E-state index contributed by atoms with van der Waals surface area (Å²) in [6.45, 7) is 7.04. The van der Waals surface area contributed by atoms with E-state index < -0.39 is 0 Å². The van der Waals surface area contributed by atoms with Crippen molar-refractivity contribution in [1.29, 1.82) is 0 Å². The number of amides is 1. The largest absolute Gasteiger partial charge is 0.489 e. The Kier molecular flexibility index (Phi) is 6.60. The van der Waals surface area contributed by atoms with Crippen LogP contribution in [-0.2, 0) is 12.0 Å². The molecule has 33 heavy (non-hydrogen) atoms. The lowest BCUT2D eigenvalue weighted by Gasteiger charge is -2.19. The fourth-order valence-electron chi connectivity index (χ4n) is 3.63. The van der Waals surface area contributed by atoms with Gasteiger partial charge in [0.05, 0.1) is 0 Å². The summed E-state index contributed by atoms with van der Waals surface area (Å²) < 4.78 is 5.92. The molecule has 0 aromatic heterocycles. The van der Waals surface area contributed by atoms with Gasteiger partial charge in [0.2, 0.25) is 0 Å². The Balaban J connectivity index is 1.39. The molecule has 4 aromatic rings. The van der Waals surface area contributed by atoms with Gasteiger partial charge in [-0.05, 0) is 52.4 Å². The third-order valence-electron chi connectivity index (χ3n) is 5.60. The SMILES string of the molecule is CC(C)(C)c1ccc(OCc2ccc(C(=O)Nc3ccccc3-c3ccccc3)cc2)cc1. The summed E-state index contributed by atoms with van der Waals surface area (Å²) in [5.74, 6) is 0.700. The van der Waals surface area contributed by atoms with Crippen LogP contribution in [-0.4, -0.2) is 5.91 Å². The van der Waals surface area contributed by atoms with Gasteiger partial charge >= 0.3 is 0 Å². The number of rotatable bonds is 6. The number of carbonyl (C=O) groups excluding carboxylic acids is 1. The summed E-state index contributed by atoms with van der Waals surface area (Å²) >= 11 is 0. The third kappa shape index (κ3) is 5.69. The van der Waals surface area contributed by atoms with Gasteiger partial charge < -0.3 is 10.1 Å². The maximum atomic E-state index is 12.9. The van der Waals surface area contributed by atoms with Gasteiger partial charge in [0.1, 0.15) is 12.4 Å². The van der Waals surface area contributed by atoms with E-state index in [-0.39, 0.29) is 11.3 Å². The molecule has 0 aliphatic carbocycles. The lowest BCUT2D eigenvalue weighted by atomic mass is 9.87. The van der Waals surface area contributed by atoms with E-state index in [4.69, 9.17) is 4.74 Å². The maximum absolute atomic E-state index is 12.9. The van der Waals surface area contributed by atoms with Gasteiger partial charge in [0.25, 0.3) is 5.91 Å². The first-order valence-corrected chi connectivity index (χ1v) is 11.2. The predicted octanol–water partition coefficient (Wildman–Crippen LogP) is 7.48. The molecule has 0 radical (unpaired) electrons. The van der Waals surface area contributed by atoms with Crippen molar-refractivity contribution in [2.24, 2.45) is 0 Å². The van der Waals surface area contributed by atoms with E-state index >= 15 is 0 Å². The molecule has 0 saturated heterocycles. The number of ether oxygens (including phenoxy) is 1. The number of anilines is 1. The number of hydrogen-bond acceptors (Lipinski definition) is 2. The zero-order valence-electron chi connectivity index (χ0n) is 19.3. The number of carbonyl (C=O) groups is 1. The zero-order chi connectivity index (χ0) is 23.3. The number of nitrogens with one attached hydrogen (secondary N) is 1. The molecule has 0 aliphatic heterocycles. The second-order valence-corrected chi connectivity index (χ2v) is 9.13. The molecule has 1 amide bonds. The van der Waals surface area contributed by atoms with Crippen molar-refractivity contribution in [2.45, 2.75) is 32.8 Å². The van der Waals surface area contributed by atoms with E-state index in [0.29, 0.717) is 12.2 Å². The van der Waals surface area contributed by atoms with E-state index in [0.717, 1.165) is 28.1 Å². The topological polar surface area (TPSA) is 38.3 Å². The van der Waals surface area contributed by atoms with Gasteiger partial charge in [0, 0.05) is 16.8 Å². The summed E-state index contributed by atoms with van der Waals surface area (Å²) in [5.41, 5.74) is 5.87. The number of para-hydroxylation sites is 1. The van der Waals surface area contributed by atoms with Crippen molar-refractivity contribution < 1.29 is 9.53 Å². The highest BCUT2D eigenvalue weighted by molar-refractivity contribution is 6.06. The second-order valence-electron chi connectivity index (χ2n) is 9.13. The van der Waals surface area contributed by atoms with Crippen LogP contribution in [0.3, 0.4) is 0 Å². The molecule has 0 unspecified atom stereocenters. The van der Waals surface area contributed by atoms with Crippen LogP contribution >= 0.6 is 0 Å². The molecular weight excluding hydrogens is 406 g/mol. The minimum absolute atomic E-state index is 0.122. The molecule has 3 heteroatoms. The molecular formula is C30H29NO2. The molecule has 4 aromatic carbocycles. The molecule has 0 fully saturated rings. The summed E-state index contributed by atoms with van der Waals surface area (Å²) in [5, 5.41) is 3.05. The lowest BCUT2D eigenvalue weighted by Crippen LogP contribution is -2.12. The summed E-state index contributed by atoms with van der Waals surface area (Å²) in [4.78, 5) is 12.9. The van der Waals surface area contributed by atoms with Crippen molar-refractivity contribution >= 4 is 11.6 Å². The van der Waals surface area contributed by atoms with Crippen LogP contribution in [0.2, 0.25) is 0 Å². The van der Waals surface area contributed by atoms with Crippen LogP contribution in [0.5, 0.6) is 5.75 Å². The van der Waals surface area contributed by atoms with Gasteiger partial charge in [-0.1, -0.05) is 93.6 Å². The second kappa shape index (κ2) is 9.74. The Labute approximate surface area is 196 Å². The van der Waals surface area contributed by atoms with Gasteiger partial charge in [0.15, 0.2) is 0 Å². The molecule has 0 spiro atoms. The molecule has 0 heterocycles. The van der Waals surface area contributed by atoms with Crippen LogP contribution in [0.1, 0.15) is 42.3 Å². The van der Waals surface area contributed by atoms with Crippen molar-refractivity contribution in [3.05, 3.63) is 120 Å². The van der Waals surface area contributed by atoms with Crippen molar-refractivity contribution in [1.82, 2.24) is 0 Å². The highest BCUT2D eigenvalue weighted by atomic mass is 16.5. The van der Waals surface area contributed by atoms with Crippen LogP contribution in [0.25, 0.3) is 11.1 Å². The van der Waals surface area contributed by atoms with E-state index in [2.05, 4.69) is 38.2 Å². The molecule has 0 bridgehead atoms. The Morgan fingerprint density at radius 2 is 1.39 bits per heavy atom. The Morgan fingerprint density at radius 1 is 0.758 bits per heavy atom. The van der Waals surface area contributed by atoms with Gasteiger partial charge in [-0.25, -0.2) is 0 Å². The Bertz CT molecular complexity index is 1200.